The maximum atomic E-state index is 12.9. The van der Waals surface area contributed by atoms with Gasteiger partial charge in [0.05, 0.1) is 12.2 Å². The molecule has 2 fully saturated rings. The summed E-state index contributed by atoms with van der Waals surface area (Å²) in [5.74, 6) is 2.43. The van der Waals surface area contributed by atoms with Crippen molar-refractivity contribution >= 4 is 17.5 Å². The number of hydrogen-bond donors (Lipinski definition) is 3. The summed E-state index contributed by atoms with van der Waals surface area (Å²) in [7, 11) is 0. The van der Waals surface area contributed by atoms with Crippen molar-refractivity contribution in [1.82, 2.24) is 15.6 Å². The van der Waals surface area contributed by atoms with Crippen molar-refractivity contribution in [2.75, 3.05) is 19.7 Å². The van der Waals surface area contributed by atoms with E-state index in [4.69, 9.17) is 16.7 Å². The first-order valence-corrected chi connectivity index (χ1v) is 11.7. The molecule has 0 saturated heterocycles. The zero-order valence-electron chi connectivity index (χ0n) is 18.1. The third kappa shape index (κ3) is 4.74. The largest absolute Gasteiger partial charge is 0.395 e. The summed E-state index contributed by atoms with van der Waals surface area (Å²) >= 11 is 6.25. The number of carbonyl (C=O) groups excluding carboxylic acids is 1. The second-order valence-electron chi connectivity index (χ2n) is 9.99. The van der Waals surface area contributed by atoms with E-state index in [0.717, 1.165) is 49.1 Å². The monoisotopic (exact) mass is 431 g/mol. The molecule has 1 amide bonds. The van der Waals surface area contributed by atoms with Crippen LogP contribution < -0.4 is 10.6 Å². The molecule has 164 valence electrons. The molecule has 1 heterocycles. The SMILES string of the molecule is C[C@H](CO)NCCCc1cnc(Cl)c(C(=O)NCC2(C)C=C3CC4CC(CC34)C2)c1. The van der Waals surface area contributed by atoms with Crippen LogP contribution in [0.5, 0.6) is 0 Å². The average Bonchev–Trinajstić information content (AvgIpc) is 2.97. The number of aliphatic hydroxyl groups is 1. The fourth-order valence-corrected chi connectivity index (χ4v) is 5.89. The summed E-state index contributed by atoms with van der Waals surface area (Å²) in [6, 6.07) is 1.96. The highest BCUT2D eigenvalue weighted by Crippen LogP contribution is 2.58. The molecule has 30 heavy (non-hydrogen) atoms. The molecule has 0 aromatic carbocycles. The van der Waals surface area contributed by atoms with Gasteiger partial charge in [-0.15, -0.1) is 0 Å². The predicted molar refractivity (Wildman–Crippen MR) is 120 cm³/mol. The van der Waals surface area contributed by atoms with Crippen LogP contribution in [-0.4, -0.2) is 41.7 Å². The summed E-state index contributed by atoms with van der Waals surface area (Å²) in [6.45, 7) is 5.81. The Hall–Kier alpha value is -1.43. The fraction of sp³-hybridized carbons (Fsp3) is 0.667. The van der Waals surface area contributed by atoms with Crippen molar-refractivity contribution < 1.29 is 9.90 Å². The van der Waals surface area contributed by atoms with Crippen LogP contribution in [0.2, 0.25) is 5.15 Å². The van der Waals surface area contributed by atoms with E-state index in [-0.39, 0.29) is 29.1 Å². The third-order valence-electron chi connectivity index (χ3n) is 7.26. The molecule has 6 heteroatoms. The van der Waals surface area contributed by atoms with Gasteiger partial charge >= 0.3 is 0 Å². The van der Waals surface area contributed by atoms with Gasteiger partial charge in [0.2, 0.25) is 0 Å². The highest BCUT2D eigenvalue weighted by molar-refractivity contribution is 6.32. The Morgan fingerprint density at radius 1 is 1.43 bits per heavy atom. The van der Waals surface area contributed by atoms with E-state index in [1.165, 1.54) is 19.3 Å². The van der Waals surface area contributed by atoms with Crippen LogP contribution in [0.15, 0.2) is 23.9 Å². The van der Waals surface area contributed by atoms with Crippen LogP contribution in [0.4, 0.5) is 0 Å². The molecule has 4 unspecified atom stereocenters. The number of pyridine rings is 1. The normalized spacial score (nSPS) is 30.3. The molecule has 3 aliphatic rings. The predicted octanol–water partition coefficient (Wildman–Crippen LogP) is 3.75. The van der Waals surface area contributed by atoms with Crippen LogP contribution in [0.3, 0.4) is 0 Å². The number of fused-ring (bicyclic) bond motifs is 1. The number of hydrogen-bond acceptors (Lipinski definition) is 4. The summed E-state index contributed by atoms with van der Waals surface area (Å²) in [6.07, 6.45) is 11.1. The molecule has 0 radical (unpaired) electrons. The molecule has 1 aromatic rings. The van der Waals surface area contributed by atoms with E-state index in [0.29, 0.717) is 12.1 Å². The Bertz CT molecular complexity index is 827. The van der Waals surface area contributed by atoms with Gasteiger partial charge in [0, 0.05) is 24.2 Å². The van der Waals surface area contributed by atoms with Crippen molar-refractivity contribution in [1.29, 1.82) is 0 Å². The van der Waals surface area contributed by atoms with Gasteiger partial charge in [-0.3, -0.25) is 4.79 Å². The minimum absolute atomic E-state index is 0.0301. The van der Waals surface area contributed by atoms with Crippen molar-refractivity contribution in [2.24, 2.45) is 23.2 Å². The van der Waals surface area contributed by atoms with Gasteiger partial charge in [-0.25, -0.2) is 4.98 Å². The number of rotatable bonds is 9. The van der Waals surface area contributed by atoms with Crippen LogP contribution >= 0.6 is 11.6 Å². The summed E-state index contributed by atoms with van der Waals surface area (Å²) < 4.78 is 0. The first kappa shape index (κ1) is 21.8. The number of aliphatic hydroxyl groups excluding tert-OH is 1. The molecule has 3 N–H and O–H groups in total. The van der Waals surface area contributed by atoms with Gasteiger partial charge in [0.15, 0.2) is 0 Å². The van der Waals surface area contributed by atoms with E-state index in [1.807, 2.05) is 13.0 Å². The number of allylic oxidation sites excluding steroid dienone is 1. The minimum Gasteiger partial charge on any atom is -0.395 e. The maximum Gasteiger partial charge on any atom is 0.254 e. The van der Waals surface area contributed by atoms with Crippen molar-refractivity contribution in [3.8, 4) is 0 Å². The van der Waals surface area contributed by atoms with E-state index in [2.05, 4.69) is 28.6 Å². The molecule has 0 spiro atoms. The third-order valence-corrected chi connectivity index (χ3v) is 7.56. The van der Waals surface area contributed by atoms with Crippen LogP contribution in [0.25, 0.3) is 0 Å². The summed E-state index contributed by atoms with van der Waals surface area (Å²) in [4.78, 5) is 17.1. The number of carbonyl (C=O) groups is 1. The number of aryl methyl sites for hydroxylation is 1. The lowest BCUT2D eigenvalue weighted by Gasteiger charge is -2.38. The smallest absolute Gasteiger partial charge is 0.254 e. The molecule has 5 nitrogen and oxygen atoms in total. The number of nitrogens with zero attached hydrogens (tertiary/aromatic N) is 1. The Morgan fingerprint density at radius 2 is 2.27 bits per heavy atom. The average molecular weight is 432 g/mol. The first-order valence-electron chi connectivity index (χ1n) is 11.4. The van der Waals surface area contributed by atoms with Crippen LogP contribution in [-0.2, 0) is 6.42 Å². The Morgan fingerprint density at radius 3 is 3.07 bits per heavy atom. The van der Waals surface area contributed by atoms with Crippen LogP contribution in [0.1, 0.15) is 61.9 Å². The van der Waals surface area contributed by atoms with Gasteiger partial charge < -0.3 is 15.7 Å². The van der Waals surface area contributed by atoms with Crippen molar-refractivity contribution in [3.63, 3.8) is 0 Å². The minimum atomic E-state index is -0.137. The molecular weight excluding hydrogens is 398 g/mol. The zero-order chi connectivity index (χ0) is 21.3. The number of nitrogens with one attached hydrogen (secondary N) is 2. The molecular formula is C24H34ClN3O2. The van der Waals surface area contributed by atoms with Gasteiger partial charge in [-0.05, 0) is 81.4 Å². The van der Waals surface area contributed by atoms with E-state index < -0.39 is 0 Å². The molecule has 5 atom stereocenters. The second-order valence-corrected chi connectivity index (χ2v) is 10.3. The zero-order valence-corrected chi connectivity index (χ0v) is 18.8. The molecule has 0 aliphatic heterocycles. The quantitative estimate of drug-likeness (QED) is 0.316. The number of halogens is 1. The Labute approximate surface area is 184 Å². The summed E-state index contributed by atoms with van der Waals surface area (Å²) in [5, 5.41) is 15.7. The van der Waals surface area contributed by atoms with Gasteiger partial charge in [-0.2, -0.15) is 0 Å². The molecule has 3 aliphatic carbocycles. The molecule has 2 saturated carbocycles. The van der Waals surface area contributed by atoms with E-state index >= 15 is 0 Å². The highest BCUT2D eigenvalue weighted by atomic mass is 35.5. The second kappa shape index (κ2) is 8.97. The lowest BCUT2D eigenvalue weighted by atomic mass is 9.67. The Balaban J connectivity index is 1.34. The lowest BCUT2D eigenvalue weighted by Crippen LogP contribution is -2.37. The molecule has 2 bridgehead atoms. The fourth-order valence-electron chi connectivity index (χ4n) is 5.71. The van der Waals surface area contributed by atoms with Crippen molar-refractivity contribution in [2.45, 2.75) is 58.4 Å². The number of aromatic nitrogens is 1. The lowest BCUT2D eigenvalue weighted by molar-refractivity contribution is 0.0935. The van der Waals surface area contributed by atoms with Gasteiger partial charge in [0.25, 0.3) is 5.91 Å². The maximum absolute atomic E-state index is 12.9. The first-order chi connectivity index (χ1) is 14.4. The number of amides is 1. The Kier molecular flexibility index (Phi) is 6.52. The van der Waals surface area contributed by atoms with E-state index in [9.17, 15) is 4.79 Å². The van der Waals surface area contributed by atoms with E-state index in [1.54, 1.807) is 11.8 Å². The topological polar surface area (TPSA) is 74.2 Å². The summed E-state index contributed by atoms with van der Waals surface area (Å²) in [5.41, 5.74) is 3.12. The highest BCUT2D eigenvalue weighted by Gasteiger charge is 2.48. The van der Waals surface area contributed by atoms with Crippen LogP contribution in [0, 0.1) is 23.2 Å². The van der Waals surface area contributed by atoms with Gasteiger partial charge in [0.1, 0.15) is 5.15 Å². The molecule has 1 aromatic heterocycles. The van der Waals surface area contributed by atoms with Crippen molar-refractivity contribution in [3.05, 3.63) is 40.2 Å². The van der Waals surface area contributed by atoms with Gasteiger partial charge in [-0.1, -0.05) is 30.2 Å². The molecule has 4 rings (SSSR count). The standard InChI is InChI=1S/C24H34ClN3O2/c1-15(13-29)26-5-3-4-16-7-21(22(25)27-12-16)23(30)28-14-24(2)10-17-6-18-9-19(11-24)20(18)8-17/h7,11-12,15,17-18,20,26,29H,3-6,8-10,13-14H2,1-2H3,(H,28,30)/t15-,17?,18?,20?,24?/m1/s1.